The lowest BCUT2D eigenvalue weighted by atomic mass is 10.1. The van der Waals surface area contributed by atoms with Crippen molar-refractivity contribution in [2.75, 3.05) is 31.6 Å². The van der Waals surface area contributed by atoms with E-state index in [1.807, 2.05) is 18.2 Å². The summed E-state index contributed by atoms with van der Waals surface area (Å²) < 4.78 is 18.6. The lowest BCUT2D eigenvalue weighted by molar-refractivity contribution is -0.120. The van der Waals surface area contributed by atoms with Crippen LogP contribution in [-0.4, -0.2) is 32.7 Å². The third-order valence-corrected chi connectivity index (χ3v) is 4.55. The number of para-hydroxylation sites is 2. The maximum atomic E-state index is 13.2. The van der Waals surface area contributed by atoms with Gasteiger partial charge in [0.2, 0.25) is 5.91 Å². The number of benzene rings is 2. The number of hydrogen-bond acceptors (Lipinski definition) is 3. The van der Waals surface area contributed by atoms with Gasteiger partial charge in [-0.15, -0.1) is 0 Å². The Labute approximate surface area is 147 Å². The molecule has 0 aromatic heterocycles. The van der Waals surface area contributed by atoms with Crippen LogP contribution in [0.1, 0.15) is 12.0 Å². The molecule has 0 radical (unpaired) electrons. The zero-order valence-electron chi connectivity index (χ0n) is 14.4. The molecule has 1 aliphatic heterocycles. The van der Waals surface area contributed by atoms with Crippen LogP contribution in [0, 0.1) is 11.7 Å². The zero-order chi connectivity index (χ0) is 17.6. The highest BCUT2D eigenvalue weighted by molar-refractivity contribution is 5.78. The van der Waals surface area contributed by atoms with E-state index in [-0.39, 0.29) is 18.1 Å². The quantitative estimate of drug-likeness (QED) is 0.877. The predicted octanol–water partition coefficient (Wildman–Crippen LogP) is 3.02. The second-order valence-corrected chi connectivity index (χ2v) is 6.38. The molecule has 132 valence electrons. The van der Waals surface area contributed by atoms with Crippen LogP contribution >= 0.6 is 0 Å². The third kappa shape index (κ3) is 4.50. The van der Waals surface area contributed by atoms with E-state index in [1.54, 1.807) is 19.2 Å². The molecule has 1 unspecified atom stereocenters. The Morgan fingerprint density at radius 1 is 1.28 bits per heavy atom. The first-order valence-corrected chi connectivity index (χ1v) is 8.55. The number of methoxy groups -OCH3 is 1. The summed E-state index contributed by atoms with van der Waals surface area (Å²) >= 11 is 0. The van der Waals surface area contributed by atoms with Crippen molar-refractivity contribution in [3.8, 4) is 5.75 Å². The van der Waals surface area contributed by atoms with E-state index in [0.717, 1.165) is 30.9 Å². The van der Waals surface area contributed by atoms with Crippen LogP contribution in [0.4, 0.5) is 10.1 Å². The van der Waals surface area contributed by atoms with E-state index >= 15 is 0 Å². The minimum atomic E-state index is -0.312. The van der Waals surface area contributed by atoms with Gasteiger partial charge in [-0.2, -0.15) is 0 Å². The van der Waals surface area contributed by atoms with E-state index in [2.05, 4.69) is 16.3 Å². The van der Waals surface area contributed by atoms with E-state index < -0.39 is 0 Å². The number of halogens is 1. The number of carbonyl (C=O) groups is 1. The fourth-order valence-electron chi connectivity index (χ4n) is 3.26. The highest BCUT2D eigenvalue weighted by atomic mass is 19.1. The van der Waals surface area contributed by atoms with Crippen molar-refractivity contribution >= 4 is 11.6 Å². The zero-order valence-corrected chi connectivity index (χ0v) is 14.4. The summed E-state index contributed by atoms with van der Waals surface area (Å²) in [5.74, 6) is 0.898. The van der Waals surface area contributed by atoms with Crippen molar-refractivity contribution in [2.24, 2.45) is 5.92 Å². The molecule has 2 aromatic rings. The van der Waals surface area contributed by atoms with Crippen LogP contribution in [0.15, 0.2) is 48.5 Å². The molecule has 1 heterocycles. The Morgan fingerprint density at radius 2 is 2.12 bits per heavy atom. The van der Waals surface area contributed by atoms with Crippen LogP contribution in [0.5, 0.6) is 5.75 Å². The summed E-state index contributed by atoms with van der Waals surface area (Å²) in [6, 6.07) is 14.2. The topological polar surface area (TPSA) is 41.6 Å². The summed E-state index contributed by atoms with van der Waals surface area (Å²) in [5, 5.41) is 2.97. The molecule has 3 rings (SSSR count). The minimum absolute atomic E-state index is 0.0682. The first kappa shape index (κ1) is 17.3. The van der Waals surface area contributed by atoms with Crippen LogP contribution in [0.25, 0.3) is 0 Å². The maximum Gasteiger partial charge on any atom is 0.224 e. The standard InChI is InChI=1S/C20H23FN2O2/c1-25-19-8-3-2-7-18(19)23-10-9-16(14-23)13-22-20(24)12-15-5-4-6-17(21)11-15/h2-8,11,16H,9-10,12-14H2,1H3,(H,22,24). The van der Waals surface area contributed by atoms with Gasteiger partial charge in [0.05, 0.1) is 19.2 Å². The average molecular weight is 342 g/mol. The third-order valence-electron chi connectivity index (χ3n) is 4.55. The SMILES string of the molecule is COc1ccccc1N1CCC(CNC(=O)Cc2cccc(F)c2)C1. The predicted molar refractivity (Wildman–Crippen MR) is 96.4 cm³/mol. The largest absolute Gasteiger partial charge is 0.495 e. The first-order valence-electron chi connectivity index (χ1n) is 8.55. The number of ether oxygens (including phenoxy) is 1. The lowest BCUT2D eigenvalue weighted by Gasteiger charge is -2.21. The Bertz CT molecular complexity index is 735. The van der Waals surface area contributed by atoms with Crippen molar-refractivity contribution < 1.29 is 13.9 Å². The molecule has 1 atom stereocenters. The van der Waals surface area contributed by atoms with Gasteiger partial charge in [0, 0.05) is 19.6 Å². The average Bonchev–Trinajstić information content (AvgIpc) is 3.09. The van der Waals surface area contributed by atoms with Crippen LogP contribution in [-0.2, 0) is 11.2 Å². The Hall–Kier alpha value is -2.56. The van der Waals surface area contributed by atoms with Gasteiger partial charge in [0.1, 0.15) is 11.6 Å². The molecule has 1 aliphatic rings. The number of nitrogens with one attached hydrogen (secondary N) is 1. The van der Waals surface area contributed by atoms with Gasteiger partial charge in [-0.1, -0.05) is 24.3 Å². The number of hydrogen-bond donors (Lipinski definition) is 1. The highest BCUT2D eigenvalue weighted by Crippen LogP contribution is 2.31. The van der Waals surface area contributed by atoms with Crippen molar-refractivity contribution in [2.45, 2.75) is 12.8 Å². The number of amides is 1. The van der Waals surface area contributed by atoms with Crippen molar-refractivity contribution in [3.05, 3.63) is 59.9 Å². The van der Waals surface area contributed by atoms with E-state index in [4.69, 9.17) is 4.74 Å². The summed E-state index contributed by atoms with van der Waals surface area (Å²) in [6.45, 7) is 2.48. The second kappa shape index (κ2) is 8.01. The molecule has 5 heteroatoms. The van der Waals surface area contributed by atoms with Gasteiger partial charge in [-0.25, -0.2) is 4.39 Å². The monoisotopic (exact) mass is 342 g/mol. The van der Waals surface area contributed by atoms with Crippen LogP contribution < -0.4 is 15.0 Å². The number of carbonyl (C=O) groups excluding carboxylic acids is 1. The van der Waals surface area contributed by atoms with E-state index in [9.17, 15) is 9.18 Å². The lowest BCUT2D eigenvalue weighted by Crippen LogP contribution is -2.32. The molecule has 4 nitrogen and oxygen atoms in total. The highest BCUT2D eigenvalue weighted by Gasteiger charge is 2.24. The number of anilines is 1. The Morgan fingerprint density at radius 3 is 2.92 bits per heavy atom. The summed E-state index contributed by atoms with van der Waals surface area (Å²) in [7, 11) is 1.68. The molecular weight excluding hydrogens is 319 g/mol. The molecule has 1 fully saturated rings. The molecule has 2 aromatic carbocycles. The summed E-state index contributed by atoms with van der Waals surface area (Å²) in [6.07, 6.45) is 1.24. The van der Waals surface area contributed by atoms with Gasteiger partial charge in [0.15, 0.2) is 0 Å². The summed E-state index contributed by atoms with van der Waals surface area (Å²) in [5.41, 5.74) is 1.79. The van der Waals surface area contributed by atoms with Gasteiger partial charge in [-0.3, -0.25) is 4.79 Å². The second-order valence-electron chi connectivity index (χ2n) is 6.38. The Balaban J connectivity index is 1.49. The van der Waals surface area contributed by atoms with Crippen LogP contribution in [0.2, 0.25) is 0 Å². The molecule has 1 amide bonds. The number of rotatable bonds is 6. The molecule has 25 heavy (non-hydrogen) atoms. The van der Waals surface area contributed by atoms with Gasteiger partial charge in [0.25, 0.3) is 0 Å². The maximum absolute atomic E-state index is 13.2. The molecule has 0 spiro atoms. The number of nitrogens with zero attached hydrogens (tertiary/aromatic N) is 1. The normalized spacial score (nSPS) is 16.7. The van der Waals surface area contributed by atoms with Crippen molar-refractivity contribution in [1.82, 2.24) is 5.32 Å². The van der Waals surface area contributed by atoms with Crippen molar-refractivity contribution in [1.29, 1.82) is 0 Å². The van der Waals surface area contributed by atoms with Gasteiger partial charge < -0.3 is 15.0 Å². The summed E-state index contributed by atoms with van der Waals surface area (Å²) in [4.78, 5) is 14.4. The molecular formula is C20H23FN2O2. The van der Waals surface area contributed by atoms with Gasteiger partial charge >= 0.3 is 0 Å². The minimum Gasteiger partial charge on any atom is -0.495 e. The van der Waals surface area contributed by atoms with E-state index in [1.165, 1.54) is 12.1 Å². The molecule has 1 saturated heterocycles. The smallest absolute Gasteiger partial charge is 0.224 e. The molecule has 1 N–H and O–H groups in total. The molecule has 0 bridgehead atoms. The fraction of sp³-hybridized carbons (Fsp3) is 0.350. The fourth-order valence-corrected chi connectivity index (χ4v) is 3.26. The molecule has 0 aliphatic carbocycles. The van der Waals surface area contributed by atoms with Crippen LogP contribution in [0.3, 0.4) is 0 Å². The van der Waals surface area contributed by atoms with Gasteiger partial charge in [-0.05, 0) is 42.2 Å². The first-order chi connectivity index (χ1) is 12.2. The van der Waals surface area contributed by atoms with E-state index in [0.29, 0.717) is 18.0 Å². The Kier molecular flexibility index (Phi) is 5.53. The molecule has 0 saturated carbocycles. The van der Waals surface area contributed by atoms with Crippen molar-refractivity contribution in [3.63, 3.8) is 0 Å².